The maximum absolute atomic E-state index is 12.3. The van der Waals surface area contributed by atoms with Crippen LogP contribution in [0.3, 0.4) is 0 Å². The summed E-state index contributed by atoms with van der Waals surface area (Å²) in [7, 11) is 0. The molecule has 0 atom stereocenters. The third kappa shape index (κ3) is 5.42. The first-order valence-electron chi connectivity index (χ1n) is 8.33. The average Bonchev–Trinajstić information content (AvgIpc) is 2.90. The highest BCUT2D eigenvalue weighted by atomic mass is 32.1. The zero-order valence-corrected chi connectivity index (χ0v) is 15.7. The normalized spacial score (nSPS) is 11.5. The van der Waals surface area contributed by atoms with Crippen LogP contribution in [0.25, 0.3) is 0 Å². The number of aliphatic hydroxyl groups is 1. The zero-order valence-electron chi connectivity index (χ0n) is 14.8. The summed E-state index contributed by atoms with van der Waals surface area (Å²) < 4.78 is 0. The number of hydrogen-bond donors (Lipinski definition) is 2. The van der Waals surface area contributed by atoms with E-state index in [1.165, 1.54) is 0 Å². The summed E-state index contributed by atoms with van der Waals surface area (Å²) in [5, 5.41) is 13.8. The molecule has 0 aliphatic carbocycles. The predicted molar refractivity (Wildman–Crippen MR) is 98.5 cm³/mol. The van der Waals surface area contributed by atoms with Gasteiger partial charge in [-0.15, -0.1) is 11.3 Å². The van der Waals surface area contributed by atoms with Crippen molar-refractivity contribution in [2.75, 3.05) is 0 Å². The highest BCUT2D eigenvalue weighted by molar-refractivity contribution is 7.11. The predicted octanol–water partition coefficient (Wildman–Crippen LogP) is 3.65. The third-order valence-corrected chi connectivity index (χ3v) is 5.19. The first-order valence-corrected chi connectivity index (χ1v) is 9.15. The van der Waals surface area contributed by atoms with Gasteiger partial charge in [-0.1, -0.05) is 19.1 Å². The highest BCUT2D eigenvalue weighted by Crippen LogP contribution is 2.18. The summed E-state index contributed by atoms with van der Waals surface area (Å²) in [5.41, 5.74) is 2.11. The van der Waals surface area contributed by atoms with Crippen LogP contribution < -0.4 is 5.32 Å². The number of benzene rings is 1. The highest BCUT2D eigenvalue weighted by Gasteiger charge is 2.13. The summed E-state index contributed by atoms with van der Waals surface area (Å²) >= 11 is 1.66. The molecule has 2 N–H and O–H groups in total. The summed E-state index contributed by atoms with van der Waals surface area (Å²) in [4.78, 5) is 17.9. The van der Waals surface area contributed by atoms with Crippen LogP contribution in [0.1, 0.15) is 58.7 Å². The van der Waals surface area contributed by atoms with E-state index >= 15 is 0 Å². The van der Waals surface area contributed by atoms with Gasteiger partial charge in [-0.05, 0) is 57.7 Å². The number of aryl methyl sites for hydroxylation is 3. The molecule has 2 rings (SSSR count). The lowest BCUT2D eigenvalue weighted by Gasteiger charge is -2.16. The van der Waals surface area contributed by atoms with Gasteiger partial charge in [-0.3, -0.25) is 4.79 Å². The van der Waals surface area contributed by atoms with Gasteiger partial charge in [0, 0.05) is 10.4 Å². The number of aromatic nitrogens is 1. The summed E-state index contributed by atoms with van der Waals surface area (Å²) in [6.07, 6.45) is 2.42. The first kappa shape index (κ1) is 18.6. The number of amides is 1. The summed E-state index contributed by atoms with van der Waals surface area (Å²) in [6.45, 7) is 8.19. The second-order valence-electron chi connectivity index (χ2n) is 6.66. The fraction of sp³-hybridized carbons (Fsp3) is 0.474. The van der Waals surface area contributed by atoms with Crippen molar-refractivity contribution >= 4 is 17.2 Å². The third-order valence-electron chi connectivity index (χ3n) is 3.89. The van der Waals surface area contributed by atoms with Crippen LogP contribution in [0.15, 0.2) is 24.3 Å². The quantitative estimate of drug-likeness (QED) is 0.804. The Morgan fingerprint density at radius 3 is 2.50 bits per heavy atom. The Labute approximate surface area is 148 Å². The molecule has 130 valence electrons. The van der Waals surface area contributed by atoms with Crippen LogP contribution in [-0.4, -0.2) is 21.6 Å². The summed E-state index contributed by atoms with van der Waals surface area (Å²) in [5.74, 6) is -0.0742. The van der Waals surface area contributed by atoms with Gasteiger partial charge in [0.15, 0.2) is 0 Å². The van der Waals surface area contributed by atoms with Crippen LogP contribution in [-0.2, 0) is 19.4 Å². The average molecular weight is 346 g/mol. The standard InChI is InChI=1S/C19H26N2O2S/c1-5-17-21-13(2)16(24-17)12-20-18(22)15-8-6-14(7-9-15)10-11-19(3,4)23/h6-9,23H,5,10-12H2,1-4H3,(H,20,22). The molecule has 0 radical (unpaired) electrons. The van der Waals surface area contributed by atoms with Crippen LogP contribution in [0.4, 0.5) is 0 Å². The molecule has 1 aromatic carbocycles. The topological polar surface area (TPSA) is 62.2 Å². The molecule has 2 aromatic rings. The number of thiazole rings is 1. The van der Waals surface area contributed by atoms with Gasteiger partial charge in [0.25, 0.3) is 5.91 Å². The van der Waals surface area contributed by atoms with Crippen molar-refractivity contribution < 1.29 is 9.90 Å². The van der Waals surface area contributed by atoms with Crippen LogP contribution >= 0.6 is 11.3 Å². The van der Waals surface area contributed by atoms with Crippen molar-refractivity contribution in [3.63, 3.8) is 0 Å². The van der Waals surface area contributed by atoms with E-state index in [1.54, 1.807) is 25.2 Å². The van der Waals surface area contributed by atoms with Crippen LogP contribution in [0, 0.1) is 6.92 Å². The summed E-state index contributed by atoms with van der Waals surface area (Å²) in [6, 6.07) is 7.58. The van der Waals surface area contributed by atoms with Gasteiger partial charge < -0.3 is 10.4 Å². The van der Waals surface area contributed by atoms with E-state index in [1.807, 2.05) is 31.2 Å². The number of carbonyl (C=O) groups excluding carboxylic acids is 1. The second kappa shape index (κ2) is 7.90. The van der Waals surface area contributed by atoms with Gasteiger partial charge >= 0.3 is 0 Å². The molecule has 4 nitrogen and oxygen atoms in total. The molecule has 1 amide bonds. The number of hydrogen-bond acceptors (Lipinski definition) is 4. The molecule has 0 spiro atoms. The molecule has 1 aromatic heterocycles. The van der Waals surface area contributed by atoms with Crippen molar-refractivity contribution in [1.82, 2.24) is 10.3 Å². The van der Waals surface area contributed by atoms with E-state index in [0.29, 0.717) is 18.5 Å². The van der Waals surface area contributed by atoms with Crippen molar-refractivity contribution in [3.05, 3.63) is 51.0 Å². The molecule has 0 aliphatic rings. The van der Waals surface area contributed by atoms with Gasteiger partial charge in [-0.2, -0.15) is 0 Å². The van der Waals surface area contributed by atoms with Gasteiger partial charge in [-0.25, -0.2) is 4.98 Å². The number of carbonyl (C=O) groups is 1. The minimum Gasteiger partial charge on any atom is -0.390 e. The Balaban J connectivity index is 1.91. The van der Waals surface area contributed by atoms with Crippen LogP contribution in [0.2, 0.25) is 0 Å². The van der Waals surface area contributed by atoms with E-state index in [-0.39, 0.29) is 5.91 Å². The fourth-order valence-corrected chi connectivity index (χ4v) is 3.29. The Morgan fingerprint density at radius 1 is 1.29 bits per heavy atom. The SMILES string of the molecule is CCc1nc(C)c(CNC(=O)c2ccc(CCC(C)(C)O)cc2)s1. The van der Waals surface area contributed by atoms with Crippen LogP contribution in [0.5, 0.6) is 0 Å². The molecule has 0 bridgehead atoms. The molecule has 0 saturated carbocycles. The maximum atomic E-state index is 12.3. The lowest BCUT2D eigenvalue weighted by molar-refractivity contribution is 0.0713. The first-order chi connectivity index (χ1) is 11.3. The molecule has 0 unspecified atom stereocenters. The lowest BCUT2D eigenvalue weighted by atomic mass is 9.98. The van der Waals surface area contributed by atoms with Gasteiger partial charge in [0.2, 0.25) is 0 Å². The minimum absolute atomic E-state index is 0.0742. The number of rotatable bonds is 7. The van der Waals surface area contributed by atoms with E-state index < -0.39 is 5.60 Å². The van der Waals surface area contributed by atoms with Gasteiger partial charge in [0.05, 0.1) is 22.8 Å². The maximum Gasteiger partial charge on any atom is 0.251 e. The van der Waals surface area contributed by atoms with Crippen molar-refractivity contribution in [2.45, 2.75) is 59.1 Å². The Kier molecular flexibility index (Phi) is 6.13. The number of nitrogens with one attached hydrogen (secondary N) is 1. The molecule has 1 heterocycles. The molecular weight excluding hydrogens is 320 g/mol. The van der Waals surface area contributed by atoms with E-state index in [2.05, 4.69) is 17.2 Å². The Hall–Kier alpha value is -1.72. The molecule has 24 heavy (non-hydrogen) atoms. The molecule has 5 heteroatoms. The van der Waals surface area contributed by atoms with E-state index in [0.717, 1.165) is 34.0 Å². The molecule has 0 aliphatic heterocycles. The lowest BCUT2D eigenvalue weighted by Crippen LogP contribution is -2.22. The van der Waals surface area contributed by atoms with E-state index in [9.17, 15) is 9.90 Å². The Bertz CT molecular complexity index is 684. The van der Waals surface area contributed by atoms with Crippen molar-refractivity contribution in [3.8, 4) is 0 Å². The van der Waals surface area contributed by atoms with E-state index in [4.69, 9.17) is 0 Å². The fourth-order valence-electron chi connectivity index (χ4n) is 2.34. The Morgan fingerprint density at radius 2 is 1.96 bits per heavy atom. The zero-order chi connectivity index (χ0) is 17.7. The molecular formula is C19H26N2O2S. The van der Waals surface area contributed by atoms with Crippen molar-refractivity contribution in [1.29, 1.82) is 0 Å². The minimum atomic E-state index is -0.667. The largest absolute Gasteiger partial charge is 0.390 e. The van der Waals surface area contributed by atoms with Crippen molar-refractivity contribution in [2.24, 2.45) is 0 Å². The monoisotopic (exact) mass is 346 g/mol. The smallest absolute Gasteiger partial charge is 0.251 e. The second-order valence-corrected chi connectivity index (χ2v) is 7.83. The van der Waals surface area contributed by atoms with Gasteiger partial charge in [0.1, 0.15) is 0 Å². The molecule has 0 fully saturated rings. The number of nitrogens with zero attached hydrogens (tertiary/aromatic N) is 1. The molecule has 0 saturated heterocycles.